The number of pyridine rings is 2. The molecular formula is C35H36N8. The van der Waals surface area contributed by atoms with Crippen LogP contribution in [-0.4, -0.2) is 57.7 Å². The zero-order valence-corrected chi connectivity index (χ0v) is 25.5. The summed E-state index contributed by atoms with van der Waals surface area (Å²) in [6.45, 7) is 4.34. The summed E-state index contributed by atoms with van der Waals surface area (Å²) in [6.07, 6.45) is 3.93. The highest BCUT2D eigenvalue weighted by Gasteiger charge is 2.29. The van der Waals surface area contributed by atoms with Crippen LogP contribution in [0.15, 0.2) is 109 Å². The molecule has 6 aromatic rings. The summed E-state index contributed by atoms with van der Waals surface area (Å²) >= 11 is 0. The summed E-state index contributed by atoms with van der Waals surface area (Å²) in [5.41, 5.74) is 7.26. The molecule has 0 saturated heterocycles. The summed E-state index contributed by atoms with van der Waals surface area (Å²) < 4.78 is 3.69. The van der Waals surface area contributed by atoms with Crippen molar-refractivity contribution in [1.82, 2.24) is 29.5 Å². The molecule has 2 aromatic carbocycles. The standard InChI is InChI=1S/C35H36N8/c1-35(2,31-21-27(40(3)4)23-33(36-31)42-19-17-29(38-42)25-13-9-7-10-14-25)32-22-28(41(5)6)24-34(37-32)43-20-18-30(39-43)26-15-11-8-12-16-26/h7-24H,1-6H3. The van der Waals surface area contributed by atoms with Crippen LogP contribution in [0.4, 0.5) is 11.4 Å². The Morgan fingerprint density at radius 3 is 1.30 bits per heavy atom. The molecule has 6 rings (SSSR count). The van der Waals surface area contributed by atoms with E-state index in [9.17, 15) is 0 Å². The molecule has 0 aliphatic carbocycles. The second kappa shape index (κ2) is 11.2. The first-order chi connectivity index (χ1) is 20.7. The summed E-state index contributed by atoms with van der Waals surface area (Å²) in [7, 11) is 8.16. The molecule has 43 heavy (non-hydrogen) atoms. The van der Waals surface area contributed by atoms with Crippen LogP contribution in [0.2, 0.25) is 0 Å². The Hall–Kier alpha value is -5.24. The van der Waals surface area contributed by atoms with E-state index in [2.05, 4.69) is 72.2 Å². The first kappa shape index (κ1) is 27.9. The van der Waals surface area contributed by atoms with Gasteiger partial charge in [0.2, 0.25) is 0 Å². The quantitative estimate of drug-likeness (QED) is 0.205. The largest absolute Gasteiger partial charge is 0.377 e. The molecule has 0 bridgehead atoms. The SMILES string of the molecule is CN(C)c1cc(-n2ccc(-c3ccccc3)n2)nc(C(C)(C)c2cc(N(C)C)cc(-n3ccc(-c4ccccc4)n3)n2)c1. The van der Waals surface area contributed by atoms with E-state index in [1.54, 1.807) is 0 Å². The van der Waals surface area contributed by atoms with Gasteiger partial charge in [-0.1, -0.05) is 60.7 Å². The van der Waals surface area contributed by atoms with E-state index in [1.807, 2.05) is 98.5 Å². The minimum Gasteiger partial charge on any atom is -0.377 e. The number of hydrogen-bond acceptors (Lipinski definition) is 6. The lowest BCUT2D eigenvalue weighted by Gasteiger charge is -2.28. The van der Waals surface area contributed by atoms with E-state index >= 15 is 0 Å². The molecule has 0 N–H and O–H groups in total. The third kappa shape index (κ3) is 5.64. The maximum absolute atomic E-state index is 5.16. The van der Waals surface area contributed by atoms with Gasteiger partial charge in [0.15, 0.2) is 11.6 Å². The van der Waals surface area contributed by atoms with Crippen LogP contribution in [0.5, 0.6) is 0 Å². The van der Waals surface area contributed by atoms with Crippen molar-refractivity contribution in [2.45, 2.75) is 19.3 Å². The minimum absolute atomic E-state index is 0.535. The van der Waals surface area contributed by atoms with Crippen molar-refractivity contribution in [2.75, 3.05) is 38.0 Å². The third-order valence-corrected chi connectivity index (χ3v) is 7.69. The van der Waals surface area contributed by atoms with Gasteiger partial charge in [0.25, 0.3) is 0 Å². The lowest BCUT2D eigenvalue weighted by molar-refractivity contribution is 0.588. The molecule has 0 atom stereocenters. The molecule has 216 valence electrons. The highest BCUT2D eigenvalue weighted by Crippen LogP contribution is 2.35. The Bertz CT molecular complexity index is 1710. The number of rotatable bonds is 8. The van der Waals surface area contributed by atoms with Crippen LogP contribution >= 0.6 is 0 Å². The second-order valence-corrected chi connectivity index (χ2v) is 11.6. The zero-order chi connectivity index (χ0) is 30.1. The Balaban J connectivity index is 1.43. The molecule has 4 aromatic heterocycles. The van der Waals surface area contributed by atoms with Crippen LogP contribution in [0, 0.1) is 0 Å². The Kier molecular flexibility index (Phi) is 7.27. The highest BCUT2D eigenvalue weighted by molar-refractivity contribution is 5.61. The number of aromatic nitrogens is 6. The van der Waals surface area contributed by atoms with Crippen LogP contribution in [0.3, 0.4) is 0 Å². The van der Waals surface area contributed by atoms with Gasteiger partial charge in [0.1, 0.15) is 0 Å². The van der Waals surface area contributed by atoms with Gasteiger partial charge in [-0.25, -0.2) is 19.3 Å². The fourth-order valence-electron chi connectivity index (χ4n) is 4.96. The summed E-state index contributed by atoms with van der Waals surface area (Å²) in [5, 5.41) is 9.73. The van der Waals surface area contributed by atoms with E-state index in [1.165, 1.54) is 0 Å². The van der Waals surface area contributed by atoms with Crippen molar-refractivity contribution in [2.24, 2.45) is 0 Å². The molecule has 0 aliphatic heterocycles. The molecule has 0 spiro atoms. The maximum atomic E-state index is 5.16. The average molecular weight is 569 g/mol. The maximum Gasteiger partial charge on any atom is 0.155 e. The Morgan fingerprint density at radius 2 is 0.930 bits per heavy atom. The van der Waals surface area contributed by atoms with Crippen LogP contribution in [0.25, 0.3) is 34.2 Å². The molecule has 0 aliphatic rings. The van der Waals surface area contributed by atoms with Crippen molar-refractivity contribution in [3.63, 3.8) is 0 Å². The molecule has 0 amide bonds. The van der Waals surface area contributed by atoms with Crippen molar-refractivity contribution in [1.29, 1.82) is 0 Å². The highest BCUT2D eigenvalue weighted by atomic mass is 15.3. The van der Waals surface area contributed by atoms with Gasteiger partial charge in [-0.05, 0) is 38.1 Å². The first-order valence-corrected chi connectivity index (χ1v) is 14.3. The fraction of sp³-hybridized carbons (Fsp3) is 0.200. The average Bonchev–Trinajstić information content (AvgIpc) is 3.73. The van der Waals surface area contributed by atoms with Gasteiger partial charge in [-0.3, -0.25) is 0 Å². The Labute approximate surface area is 252 Å². The fourth-order valence-corrected chi connectivity index (χ4v) is 4.96. The lowest BCUT2D eigenvalue weighted by Crippen LogP contribution is -2.25. The van der Waals surface area contributed by atoms with Gasteiger partial charge < -0.3 is 9.80 Å². The van der Waals surface area contributed by atoms with E-state index in [0.29, 0.717) is 0 Å². The number of nitrogens with zero attached hydrogens (tertiary/aromatic N) is 8. The number of anilines is 2. The number of hydrogen-bond donors (Lipinski definition) is 0. The first-order valence-electron chi connectivity index (χ1n) is 14.3. The van der Waals surface area contributed by atoms with Crippen LogP contribution < -0.4 is 9.80 Å². The van der Waals surface area contributed by atoms with Gasteiger partial charge >= 0.3 is 0 Å². The third-order valence-electron chi connectivity index (χ3n) is 7.69. The van der Waals surface area contributed by atoms with Gasteiger partial charge in [0, 0.05) is 80.6 Å². The summed E-state index contributed by atoms with van der Waals surface area (Å²) in [4.78, 5) is 14.5. The van der Waals surface area contributed by atoms with E-state index in [-0.39, 0.29) is 0 Å². The van der Waals surface area contributed by atoms with E-state index < -0.39 is 5.41 Å². The predicted molar refractivity (Wildman–Crippen MR) is 174 cm³/mol. The van der Waals surface area contributed by atoms with Gasteiger partial charge in [-0.2, -0.15) is 10.2 Å². The second-order valence-electron chi connectivity index (χ2n) is 11.6. The zero-order valence-electron chi connectivity index (χ0n) is 25.5. The summed E-state index contributed by atoms with van der Waals surface area (Å²) in [6, 6.07) is 32.8. The van der Waals surface area contributed by atoms with Crippen molar-refractivity contribution >= 4 is 11.4 Å². The molecule has 8 nitrogen and oxygen atoms in total. The normalized spacial score (nSPS) is 11.5. The molecule has 0 unspecified atom stereocenters. The molecule has 0 radical (unpaired) electrons. The number of benzene rings is 2. The summed E-state index contributed by atoms with van der Waals surface area (Å²) in [5.74, 6) is 1.50. The van der Waals surface area contributed by atoms with E-state index in [0.717, 1.165) is 56.9 Å². The molecule has 0 fully saturated rings. The van der Waals surface area contributed by atoms with Crippen molar-refractivity contribution < 1.29 is 0 Å². The molecule has 0 saturated carbocycles. The molecule has 4 heterocycles. The topological polar surface area (TPSA) is 67.9 Å². The molecular weight excluding hydrogens is 532 g/mol. The predicted octanol–water partition coefficient (Wildman–Crippen LogP) is 6.64. The van der Waals surface area contributed by atoms with Crippen LogP contribution in [-0.2, 0) is 5.41 Å². The molecule has 8 heteroatoms. The monoisotopic (exact) mass is 568 g/mol. The lowest BCUT2D eigenvalue weighted by atomic mass is 9.84. The smallest absolute Gasteiger partial charge is 0.155 e. The van der Waals surface area contributed by atoms with E-state index in [4.69, 9.17) is 20.2 Å². The van der Waals surface area contributed by atoms with Gasteiger partial charge in [-0.15, -0.1) is 0 Å². The minimum atomic E-state index is -0.535. The van der Waals surface area contributed by atoms with Crippen molar-refractivity contribution in [3.8, 4) is 34.2 Å². The van der Waals surface area contributed by atoms with Gasteiger partial charge in [0.05, 0.1) is 22.8 Å². The van der Waals surface area contributed by atoms with Crippen LogP contribution in [0.1, 0.15) is 25.2 Å². The van der Waals surface area contributed by atoms with Crippen molar-refractivity contribution in [3.05, 3.63) is 121 Å². The Morgan fingerprint density at radius 1 is 0.535 bits per heavy atom.